The molecule has 0 heterocycles. The maximum atomic E-state index is 11.4. The summed E-state index contributed by atoms with van der Waals surface area (Å²) in [6.45, 7) is 3.52. The minimum atomic E-state index is -0.960. The van der Waals surface area contributed by atoms with Crippen molar-refractivity contribution in [2.45, 2.75) is 180 Å². The summed E-state index contributed by atoms with van der Waals surface area (Å²) in [7, 11) is 0. The minimum Gasteiger partial charge on any atom is -0.463 e. The highest BCUT2D eigenvalue weighted by atomic mass is 16.5. The Bertz CT molecular complexity index is 625. The van der Waals surface area contributed by atoms with Crippen molar-refractivity contribution in [1.29, 1.82) is 0 Å². The molecule has 0 fully saturated rings. The van der Waals surface area contributed by atoms with E-state index < -0.39 is 12.2 Å². The Morgan fingerprint density at radius 2 is 0.795 bits per heavy atom. The van der Waals surface area contributed by atoms with E-state index in [4.69, 9.17) is 29.9 Å². The highest BCUT2D eigenvalue weighted by Gasteiger charge is 2.08. The van der Waals surface area contributed by atoms with Gasteiger partial charge in [0.1, 0.15) is 25.4 Å². The molecule has 8 nitrogen and oxygen atoms in total. The van der Waals surface area contributed by atoms with Crippen LogP contribution in [0.3, 0.4) is 0 Å². The van der Waals surface area contributed by atoms with Crippen LogP contribution in [-0.4, -0.2) is 71.0 Å². The molecule has 0 rings (SSSR count). The van der Waals surface area contributed by atoms with Gasteiger partial charge in [-0.3, -0.25) is 9.59 Å². The molecule has 44 heavy (non-hydrogen) atoms. The van der Waals surface area contributed by atoms with E-state index in [9.17, 15) is 9.59 Å². The first-order valence-corrected chi connectivity index (χ1v) is 17.9. The number of aliphatic hydroxyl groups excluding tert-OH is 4. The maximum absolute atomic E-state index is 11.4. The van der Waals surface area contributed by atoms with E-state index in [2.05, 4.69) is 26.0 Å². The van der Waals surface area contributed by atoms with E-state index in [1.54, 1.807) is 0 Å². The average molecular weight is 631 g/mol. The predicted molar refractivity (Wildman–Crippen MR) is 179 cm³/mol. The van der Waals surface area contributed by atoms with Gasteiger partial charge in [0.2, 0.25) is 0 Å². The van der Waals surface area contributed by atoms with E-state index in [1.165, 1.54) is 103 Å². The second-order valence-corrected chi connectivity index (χ2v) is 12.0. The molecular formula is C36H70O8. The largest absolute Gasteiger partial charge is 0.463 e. The molecule has 0 aromatic rings. The van der Waals surface area contributed by atoms with Gasteiger partial charge in [-0.25, -0.2) is 0 Å². The lowest BCUT2D eigenvalue weighted by molar-refractivity contribution is -0.148. The Balaban J connectivity index is 0. The fourth-order valence-corrected chi connectivity index (χ4v) is 4.55. The average Bonchev–Trinajstić information content (AvgIpc) is 3.03. The summed E-state index contributed by atoms with van der Waals surface area (Å²) in [6.07, 6.45) is 30.5. The Kier molecular flexibility index (Phi) is 38.3. The van der Waals surface area contributed by atoms with Crippen LogP contribution in [0.5, 0.6) is 0 Å². The topological polar surface area (TPSA) is 134 Å². The fraction of sp³-hybridized carbons (Fsp3) is 0.889. The summed E-state index contributed by atoms with van der Waals surface area (Å²) in [5, 5.41) is 35.3. The van der Waals surface area contributed by atoms with Gasteiger partial charge in [0, 0.05) is 12.8 Å². The molecule has 0 aliphatic rings. The highest BCUT2D eigenvalue weighted by Crippen LogP contribution is 2.12. The molecule has 0 aliphatic carbocycles. The van der Waals surface area contributed by atoms with Crippen molar-refractivity contribution < 1.29 is 39.5 Å². The third-order valence-electron chi connectivity index (χ3n) is 7.42. The lowest BCUT2D eigenvalue weighted by Gasteiger charge is -2.08. The first kappa shape index (κ1) is 44.6. The zero-order valence-electron chi connectivity index (χ0n) is 28.5. The van der Waals surface area contributed by atoms with Crippen LogP contribution in [0.1, 0.15) is 168 Å². The second kappa shape index (κ2) is 37.7. The summed E-state index contributed by atoms with van der Waals surface area (Å²) < 4.78 is 9.67. The number of allylic oxidation sites excluding steroid dienone is 2. The minimum absolute atomic E-state index is 0.104. The summed E-state index contributed by atoms with van der Waals surface area (Å²) in [5.74, 6) is -0.569. The molecule has 0 saturated heterocycles. The number of rotatable bonds is 31. The molecule has 4 N–H and O–H groups in total. The van der Waals surface area contributed by atoms with E-state index in [-0.39, 0.29) is 38.4 Å². The Hall–Kier alpha value is -1.48. The molecule has 0 spiro atoms. The molecule has 0 amide bonds. The number of aliphatic hydroxyl groups is 4. The first-order chi connectivity index (χ1) is 21.4. The van der Waals surface area contributed by atoms with Crippen molar-refractivity contribution in [1.82, 2.24) is 0 Å². The van der Waals surface area contributed by atoms with Crippen LogP contribution in [0, 0.1) is 0 Å². The van der Waals surface area contributed by atoms with Crippen molar-refractivity contribution in [2.75, 3.05) is 26.4 Å². The normalized spacial score (nSPS) is 12.5. The van der Waals surface area contributed by atoms with Crippen molar-refractivity contribution in [3.05, 3.63) is 12.2 Å². The maximum Gasteiger partial charge on any atom is 0.305 e. The van der Waals surface area contributed by atoms with Gasteiger partial charge in [0.05, 0.1) is 13.2 Å². The van der Waals surface area contributed by atoms with Gasteiger partial charge in [-0.15, -0.1) is 0 Å². The summed E-state index contributed by atoms with van der Waals surface area (Å²) in [6, 6.07) is 0. The predicted octanol–water partition coefficient (Wildman–Crippen LogP) is 7.72. The van der Waals surface area contributed by atoms with Gasteiger partial charge in [-0.05, 0) is 38.5 Å². The van der Waals surface area contributed by atoms with E-state index in [0.717, 1.165) is 38.5 Å². The van der Waals surface area contributed by atoms with Crippen LogP contribution in [0.2, 0.25) is 0 Å². The van der Waals surface area contributed by atoms with Crippen LogP contribution < -0.4 is 0 Å². The number of carbonyl (C=O) groups excluding carboxylic acids is 2. The third-order valence-corrected chi connectivity index (χ3v) is 7.42. The quantitative estimate of drug-likeness (QED) is 0.0347. The first-order valence-electron chi connectivity index (χ1n) is 17.9. The standard InChI is InChI=1S/C21H40O4.C15H30O4/c1-2-3-4-5-6-7-8-9-10-11-12-13-14-15-16-17-21(24)25-19-20(23)18-22;1-2-3-4-5-6-7-8-9-10-11-15(18)19-13-14(17)12-16/h9-10,20,22-23H,2-8,11-19H2,1H3;14,16-17H,2-13H2,1H3/b10-9-;. The number of carbonyl (C=O) groups is 2. The molecule has 2 unspecified atom stereocenters. The van der Waals surface area contributed by atoms with Crippen molar-refractivity contribution in [2.24, 2.45) is 0 Å². The number of esters is 2. The SMILES string of the molecule is CCCCCCCC/C=C\CCCCCCCC(=O)OCC(O)CO.CCCCCCCCCCCC(=O)OCC(O)CO. The second-order valence-electron chi connectivity index (χ2n) is 12.0. The van der Waals surface area contributed by atoms with Gasteiger partial charge < -0.3 is 29.9 Å². The molecule has 8 heteroatoms. The van der Waals surface area contributed by atoms with E-state index in [1.807, 2.05) is 0 Å². The van der Waals surface area contributed by atoms with Crippen LogP contribution in [0.25, 0.3) is 0 Å². The zero-order valence-corrected chi connectivity index (χ0v) is 28.5. The third kappa shape index (κ3) is 38.5. The number of hydrogen-bond acceptors (Lipinski definition) is 8. The van der Waals surface area contributed by atoms with Gasteiger partial charge >= 0.3 is 11.9 Å². The molecule has 0 aliphatic heterocycles. The van der Waals surface area contributed by atoms with Crippen LogP contribution in [0.4, 0.5) is 0 Å². The Labute approximate surface area is 270 Å². The Morgan fingerprint density at radius 1 is 0.500 bits per heavy atom. The van der Waals surface area contributed by atoms with Gasteiger partial charge in [-0.1, -0.05) is 129 Å². The lowest BCUT2D eigenvalue weighted by atomic mass is 10.1. The number of ether oxygens (including phenoxy) is 2. The van der Waals surface area contributed by atoms with E-state index in [0.29, 0.717) is 12.8 Å². The molecule has 0 aromatic heterocycles. The van der Waals surface area contributed by atoms with Crippen molar-refractivity contribution in [3.63, 3.8) is 0 Å². The summed E-state index contributed by atoms with van der Waals surface area (Å²) in [4.78, 5) is 22.6. The van der Waals surface area contributed by atoms with Gasteiger partial charge in [-0.2, -0.15) is 0 Å². The summed E-state index contributed by atoms with van der Waals surface area (Å²) >= 11 is 0. The fourth-order valence-electron chi connectivity index (χ4n) is 4.55. The monoisotopic (exact) mass is 631 g/mol. The molecule has 0 saturated carbocycles. The van der Waals surface area contributed by atoms with Crippen LogP contribution >= 0.6 is 0 Å². The summed E-state index contributed by atoms with van der Waals surface area (Å²) in [5.41, 5.74) is 0. The number of unbranched alkanes of at least 4 members (excludes halogenated alkanes) is 19. The van der Waals surface area contributed by atoms with E-state index >= 15 is 0 Å². The zero-order chi connectivity index (χ0) is 32.9. The lowest BCUT2D eigenvalue weighted by Crippen LogP contribution is -2.21. The van der Waals surface area contributed by atoms with Crippen molar-refractivity contribution in [3.8, 4) is 0 Å². The molecular weight excluding hydrogens is 560 g/mol. The smallest absolute Gasteiger partial charge is 0.305 e. The van der Waals surface area contributed by atoms with Gasteiger partial charge in [0.15, 0.2) is 0 Å². The Morgan fingerprint density at radius 3 is 1.11 bits per heavy atom. The van der Waals surface area contributed by atoms with Crippen molar-refractivity contribution >= 4 is 11.9 Å². The molecule has 262 valence electrons. The van der Waals surface area contributed by atoms with Crippen LogP contribution in [0.15, 0.2) is 12.2 Å². The molecule has 0 bridgehead atoms. The molecule has 2 atom stereocenters. The number of hydrogen-bond donors (Lipinski definition) is 4. The van der Waals surface area contributed by atoms with Gasteiger partial charge in [0.25, 0.3) is 0 Å². The molecule has 0 aromatic carbocycles. The molecule has 0 radical (unpaired) electrons. The van der Waals surface area contributed by atoms with Crippen LogP contribution in [-0.2, 0) is 19.1 Å². The highest BCUT2D eigenvalue weighted by molar-refractivity contribution is 5.69.